The van der Waals surface area contributed by atoms with E-state index in [1.54, 1.807) is 0 Å². The molecule has 2 rings (SSSR count). The molecular weight excluding hydrogens is 276 g/mol. The summed E-state index contributed by atoms with van der Waals surface area (Å²) in [6, 6.07) is 8.23. The van der Waals surface area contributed by atoms with Gasteiger partial charge >= 0.3 is 0 Å². The van der Waals surface area contributed by atoms with Gasteiger partial charge in [0.2, 0.25) is 6.35 Å². The van der Waals surface area contributed by atoms with Gasteiger partial charge in [0.15, 0.2) is 0 Å². The molecule has 1 aliphatic rings. The fourth-order valence-electron chi connectivity index (χ4n) is 2.54. The maximum atomic E-state index is 10.2. The predicted molar refractivity (Wildman–Crippen MR) is 90.1 cm³/mol. The van der Waals surface area contributed by atoms with Gasteiger partial charge in [0.05, 0.1) is 30.4 Å². The zero-order valence-electron chi connectivity index (χ0n) is 13.3. The van der Waals surface area contributed by atoms with Gasteiger partial charge in [-0.05, 0) is 37.6 Å². The van der Waals surface area contributed by atoms with Crippen LogP contribution in [0.15, 0.2) is 35.3 Å². The van der Waals surface area contributed by atoms with Crippen LogP contribution in [0.1, 0.15) is 25.8 Å². The lowest BCUT2D eigenvalue weighted by atomic mass is 10.1. The summed E-state index contributed by atoms with van der Waals surface area (Å²) in [5.74, 6) is 0. The Labute approximate surface area is 131 Å². The SMILES string of the molecule is CCN1c2ccc(CN=C(C)/C=C\CC#N)cc2N(C)C1O. The molecule has 5 heteroatoms. The average molecular weight is 298 g/mol. The summed E-state index contributed by atoms with van der Waals surface area (Å²) in [4.78, 5) is 8.32. The molecule has 0 spiro atoms. The minimum Gasteiger partial charge on any atom is -0.356 e. The van der Waals surface area contributed by atoms with Gasteiger partial charge in [0.25, 0.3) is 0 Å². The number of anilines is 2. The fraction of sp³-hybridized carbons (Fsp3) is 0.412. The molecule has 0 bridgehead atoms. The van der Waals surface area contributed by atoms with Gasteiger partial charge in [-0.3, -0.25) is 4.99 Å². The molecule has 0 amide bonds. The molecule has 0 fully saturated rings. The van der Waals surface area contributed by atoms with Crippen LogP contribution in [-0.2, 0) is 6.54 Å². The molecule has 1 unspecified atom stereocenters. The Kier molecular flexibility index (Phi) is 5.18. The molecule has 116 valence electrons. The summed E-state index contributed by atoms with van der Waals surface area (Å²) in [5.41, 5.74) is 4.08. The Morgan fingerprint density at radius 2 is 2.23 bits per heavy atom. The third-order valence-corrected chi connectivity index (χ3v) is 3.77. The van der Waals surface area contributed by atoms with Crippen molar-refractivity contribution >= 4 is 17.1 Å². The highest BCUT2D eigenvalue weighted by molar-refractivity contribution is 5.92. The second-order valence-electron chi connectivity index (χ2n) is 5.29. The van der Waals surface area contributed by atoms with Crippen LogP contribution >= 0.6 is 0 Å². The second-order valence-corrected chi connectivity index (χ2v) is 5.29. The number of fused-ring (bicyclic) bond motifs is 1. The molecule has 1 atom stereocenters. The van der Waals surface area contributed by atoms with Crippen LogP contribution in [0, 0.1) is 11.3 Å². The Balaban J connectivity index is 2.13. The van der Waals surface area contributed by atoms with Crippen LogP contribution in [0.5, 0.6) is 0 Å². The van der Waals surface area contributed by atoms with E-state index in [2.05, 4.69) is 17.1 Å². The van der Waals surface area contributed by atoms with Crippen molar-refractivity contribution in [3.05, 3.63) is 35.9 Å². The summed E-state index contributed by atoms with van der Waals surface area (Å²) < 4.78 is 0. The standard InChI is InChI=1S/C17H22N4O/c1-4-21-15-9-8-14(11-16(15)20(3)17(21)22)12-19-13(2)7-5-6-10-18/h5,7-9,11,17,22H,4,6,12H2,1-3H3/b7-5-,19-13?. The number of aliphatic hydroxyl groups excluding tert-OH is 1. The third-order valence-electron chi connectivity index (χ3n) is 3.77. The largest absolute Gasteiger partial charge is 0.356 e. The van der Waals surface area contributed by atoms with Crippen molar-refractivity contribution in [3.8, 4) is 6.07 Å². The number of allylic oxidation sites excluding steroid dienone is 2. The van der Waals surface area contributed by atoms with Crippen molar-refractivity contribution in [2.24, 2.45) is 4.99 Å². The Morgan fingerprint density at radius 3 is 2.91 bits per heavy atom. The molecule has 1 aromatic carbocycles. The molecule has 5 nitrogen and oxygen atoms in total. The zero-order chi connectivity index (χ0) is 16.1. The highest BCUT2D eigenvalue weighted by atomic mass is 16.3. The lowest BCUT2D eigenvalue weighted by molar-refractivity contribution is 0.179. The van der Waals surface area contributed by atoms with Gasteiger partial charge in [-0.1, -0.05) is 12.1 Å². The summed E-state index contributed by atoms with van der Waals surface area (Å²) in [5, 5.41) is 18.7. The molecule has 1 heterocycles. The van der Waals surface area contributed by atoms with E-state index in [1.807, 2.05) is 55.0 Å². The van der Waals surface area contributed by atoms with Crippen LogP contribution in [0.3, 0.4) is 0 Å². The predicted octanol–water partition coefficient (Wildman–Crippen LogP) is 2.67. The molecule has 1 aliphatic heterocycles. The molecule has 0 radical (unpaired) electrons. The highest BCUT2D eigenvalue weighted by Gasteiger charge is 2.30. The lowest BCUT2D eigenvalue weighted by Crippen LogP contribution is -2.40. The quantitative estimate of drug-likeness (QED) is 0.849. The third kappa shape index (κ3) is 3.29. The van der Waals surface area contributed by atoms with E-state index in [-0.39, 0.29) is 0 Å². The molecule has 0 aliphatic carbocycles. The normalized spacial score (nSPS) is 18.0. The molecule has 1 aromatic rings. The van der Waals surface area contributed by atoms with Gasteiger partial charge in [-0.25, -0.2) is 0 Å². The molecule has 1 N–H and O–H groups in total. The van der Waals surface area contributed by atoms with Crippen LogP contribution in [0.2, 0.25) is 0 Å². The second kappa shape index (κ2) is 7.10. The number of hydrogen-bond donors (Lipinski definition) is 1. The number of aliphatic imine (C=N–C) groups is 1. The van der Waals surface area contributed by atoms with Crippen LogP contribution in [-0.4, -0.2) is 30.8 Å². The summed E-state index contributed by atoms with van der Waals surface area (Å²) >= 11 is 0. The first kappa shape index (κ1) is 16.1. The molecule has 0 saturated heterocycles. The lowest BCUT2D eigenvalue weighted by Gasteiger charge is -2.24. The number of benzene rings is 1. The first-order chi connectivity index (χ1) is 10.6. The number of rotatable bonds is 5. The van der Waals surface area contributed by atoms with E-state index in [9.17, 15) is 5.11 Å². The Bertz CT molecular complexity index is 630. The Hall–Kier alpha value is -2.32. The monoisotopic (exact) mass is 298 g/mol. The highest BCUT2D eigenvalue weighted by Crippen LogP contribution is 2.38. The van der Waals surface area contributed by atoms with Crippen LogP contribution < -0.4 is 9.80 Å². The van der Waals surface area contributed by atoms with Crippen molar-refractivity contribution in [1.29, 1.82) is 5.26 Å². The van der Waals surface area contributed by atoms with Crippen molar-refractivity contribution in [1.82, 2.24) is 0 Å². The Morgan fingerprint density at radius 1 is 1.45 bits per heavy atom. The van der Waals surface area contributed by atoms with Crippen LogP contribution in [0.4, 0.5) is 11.4 Å². The molecule has 0 saturated carbocycles. The minimum atomic E-state index is -0.602. The molecule has 22 heavy (non-hydrogen) atoms. The molecular formula is C17H22N4O. The first-order valence-electron chi connectivity index (χ1n) is 7.43. The van der Waals surface area contributed by atoms with E-state index in [1.165, 1.54) is 0 Å². The van der Waals surface area contributed by atoms with E-state index in [4.69, 9.17) is 5.26 Å². The van der Waals surface area contributed by atoms with Crippen molar-refractivity contribution in [2.45, 2.75) is 33.2 Å². The van der Waals surface area contributed by atoms with Gasteiger partial charge in [-0.2, -0.15) is 5.26 Å². The number of hydrogen-bond acceptors (Lipinski definition) is 5. The smallest absolute Gasteiger partial charge is 0.207 e. The van der Waals surface area contributed by atoms with Gasteiger partial charge in [0.1, 0.15) is 0 Å². The maximum Gasteiger partial charge on any atom is 0.207 e. The summed E-state index contributed by atoms with van der Waals surface area (Å²) in [6.45, 7) is 5.31. The van der Waals surface area contributed by atoms with E-state index >= 15 is 0 Å². The van der Waals surface area contributed by atoms with Crippen LogP contribution in [0.25, 0.3) is 0 Å². The van der Waals surface area contributed by atoms with Crippen molar-refractivity contribution in [3.63, 3.8) is 0 Å². The molecule has 0 aromatic heterocycles. The topological polar surface area (TPSA) is 62.9 Å². The number of nitrogens with zero attached hydrogens (tertiary/aromatic N) is 4. The van der Waals surface area contributed by atoms with E-state index in [0.29, 0.717) is 13.0 Å². The van der Waals surface area contributed by atoms with Gasteiger partial charge in [-0.15, -0.1) is 0 Å². The number of nitriles is 1. The fourth-order valence-corrected chi connectivity index (χ4v) is 2.54. The number of aliphatic hydroxyl groups is 1. The first-order valence-corrected chi connectivity index (χ1v) is 7.43. The van der Waals surface area contributed by atoms with Crippen molar-refractivity contribution in [2.75, 3.05) is 23.4 Å². The minimum absolute atomic E-state index is 0.404. The van der Waals surface area contributed by atoms with Gasteiger partial charge < -0.3 is 14.9 Å². The van der Waals surface area contributed by atoms with E-state index in [0.717, 1.165) is 29.2 Å². The maximum absolute atomic E-state index is 10.2. The average Bonchev–Trinajstić information content (AvgIpc) is 2.76. The summed E-state index contributed by atoms with van der Waals surface area (Å²) in [6.07, 6.45) is 3.48. The van der Waals surface area contributed by atoms with Gasteiger partial charge in [0, 0.05) is 19.3 Å². The zero-order valence-corrected chi connectivity index (χ0v) is 13.3. The summed E-state index contributed by atoms with van der Waals surface area (Å²) in [7, 11) is 1.89. The van der Waals surface area contributed by atoms with E-state index < -0.39 is 6.35 Å². The van der Waals surface area contributed by atoms with Crippen molar-refractivity contribution < 1.29 is 5.11 Å².